The van der Waals surface area contributed by atoms with Crippen molar-refractivity contribution in [1.29, 1.82) is 0 Å². The van der Waals surface area contributed by atoms with Crippen molar-refractivity contribution >= 4 is 11.6 Å². The molecule has 0 radical (unpaired) electrons. The zero-order chi connectivity index (χ0) is 19.0. The minimum Gasteiger partial charge on any atom is -0.368 e. The van der Waals surface area contributed by atoms with Crippen molar-refractivity contribution in [2.75, 3.05) is 36.0 Å². The highest BCUT2D eigenvalue weighted by Crippen LogP contribution is 2.32. The molecule has 0 spiro atoms. The molecule has 0 bridgehead atoms. The van der Waals surface area contributed by atoms with E-state index in [4.69, 9.17) is 0 Å². The largest absolute Gasteiger partial charge is 0.416 e. The number of benzene rings is 1. The number of nitrogens with zero attached hydrogens (tertiary/aromatic N) is 3. The molecule has 1 aliphatic carbocycles. The van der Waals surface area contributed by atoms with Gasteiger partial charge in [-0.3, -0.25) is 9.78 Å². The fourth-order valence-electron chi connectivity index (χ4n) is 3.80. The number of rotatable bonds is 2. The fraction of sp³-hybridized carbons (Fsp3) is 0.474. The molecule has 27 heavy (non-hydrogen) atoms. The van der Waals surface area contributed by atoms with Crippen LogP contribution in [0, 0.1) is 0 Å². The highest BCUT2D eigenvalue weighted by molar-refractivity contribution is 5.51. The lowest BCUT2D eigenvalue weighted by atomic mass is 9.97. The van der Waals surface area contributed by atoms with E-state index in [9.17, 15) is 18.0 Å². The van der Waals surface area contributed by atoms with Gasteiger partial charge in [-0.25, -0.2) is 4.98 Å². The molecule has 4 rings (SSSR count). The number of alkyl halides is 3. The first-order valence-corrected chi connectivity index (χ1v) is 9.21. The van der Waals surface area contributed by atoms with Gasteiger partial charge in [-0.05, 0) is 43.9 Å². The lowest BCUT2D eigenvalue weighted by Crippen LogP contribution is -2.47. The number of piperazine rings is 1. The molecule has 1 fully saturated rings. The fourth-order valence-corrected chi connectivity index (χ4v) is 3.80. The van der Waals surface area contributed by atoms with Crippen LogP contribution >= 0.6 is 0 Å². The Bertz CT molecular complexity index is 885. The second-order valence-corrected chi connectivity index (χ2v) is 7.04. The third-order valence-corrected chi connectivity index (χ3v) is 5.30. The zero-order valence-corrected chi connectivity index (χ0v) is 14.9. The molecule has 1 saturated heterocycles. The Balaban J connectivity index is 1.48. The van der Waals surface area contributed by atoms with E-state index in [1.807, 2.05) is 9.80 Å². The second kappa shape index (κ2) is 6.90. The molecule has 0 amide bonds. The number of aromatic nitrogens is 2. The monoisotopic (exact) mass is 378 g/mol. The van der Waals surface area contributed by atoms with Gasteiger partial charge in [0.2, 0.25) is 5.95 Å². The average Bonchev–Trinajstić information content (AvgIpc) is 2.67. The highest BCUT2D eigenvalue weighted by atomic mass is 19.4. The van der Waals surface area contributed by atoms with Crippen molar-refractivity contribution in [3.63, 3.8) is 0 Å². The van der Waals surface area contributed by atoms with Crippen LogP contribution in [0.15, 0.2) is 29.1 Å². The number of H-pyrrole nitrogens is 1. The van der Waals surface area contributed by atoms with Crippen LogP contribution in [0.3, 0.4) is 0 Å². The average molecular weight is 378 g/mol. The second-order valence-electron chi connectivity index (χ2n) is 7.04. The third-order valence-electron chi connectivity index (χ3n) is 5.30. The Morgan fingerprint density at radius 1 is 1.00 bits per heavy atom. The standard InChI is InChI=1S/C19H21F3N4O/c20-19(21,22)13-4-3-5-14(12-13)25-8-10-26(11-9-25)18-23-16-7-2-1-6-15(16)17(27)24-18/h3-5,12H,1-2,6-11H2,(H,23,24,27). The summed E-state index contributed by atoms with van der Waals surface area (Å²) >= 11 is 0. The molecule has 2 aromatic rings. The predicted molar refractivity (Wildman–Crippen MR) is 97.4 cm³/mol. The van der Waals surface area contributed by atoms with Gasteiger partial charge in [0.1, 0.15) is 0 Å². The van der Waals surface area contributed by atoms with E-state index in [1.54, 1.807) is 6.07 Å². The summed E-state index contributed by atoms with van der Waals surface area (Å²) in [6.07, 6.45) is -0.666. The Morgan fingerprint density at radius 2 is 1.70 bits per heavy atom. The van der Waals surface area contributed by atoms with Crippen LogP contribution in [-0.2, 0) is 19.0 Å². The van der Waals surface area contributed by atoms with Crippen molar-refractivity contribution in [2.24, 2.45) is 0 Å². The Labute approximate surface area is 154 Å². The van der Waals surface area contributed by atoms with Gasteiger partial charge < -0.3 is 9.80 Å². The summed E-state index contributed by atoms with van der Waals surface area (Å²) in [7, 11) is 0. The number of nitrogens with one attached hydrogen (secondary N) is 1. The summed E-state index contributed by atoms with van der Waals surface area (Å²) in [5.74, 6) is 0.573. The van der Waals surface area contributed by atoms with Gasteiger partial charge in [0.25, 0.3) is 5.56 Å². The third kappa shape index (κ3) is 3.65. The van der Waals surface area contributed by atoms with Gasteiger partial charge in [0.15, 0.2) is 0 Å². The number of aryl methyl sites for hydroxylation is 1. The van der Waals surface area contributed by atoms with Crippen LogP contribution in [0.25, 0.3) is 0 Å². The molecule has 1 aromatic carbocycles. The zero-order valence-electron chi connectivity index (χ0n) is 14.9. The van der Waals surface area contributed by atoms with Crippen LogP contribution in [0.4, 0.5) is 24.8 Å². The van der Waals surface area contributed by atoms with Gasteiger partial charge in [0.05, 0.1) is 11.3 Å². The summed E-state index contributed by atoms with van der Waals surface area (Å²) in [5, 5.41) is 0. The number of halogens is 3. The SMILES string of the molecule is O=c1[nH]c(N2CCN(c3cccc(C(F)(F)F)c3)CC2)nc2c1CCCC2. The van der Waals surface area contributed by atoms with E-state index in [0.29, 0.717) is 37.8 Å². The van der Waals surface area contributed by atoms with Crippen molar-refractivity contribution in [3.05, 3.63) is 51.4 Å². The van der Waals surface area contributed by atoms with Crippen LogP contribution in [0.2, 0.25) is 0 Å². The molecule has 1 aliphatic heterocycles. The predicted octanol–water partition coefficient (Wildman–Crippen LogP) is 2.99. The Morgan fingerprint density at radius 3 is 2.44 bits per heavy atom. The molecule has 0 atom stereocenters. The molecule has 5 nitrogen and oxygen atoms in total. The maximum atomic E-state index is 12.9. The molecule has 2 aliphatic rings. The topological polar surface area (TPSA) is 52.2 Å². The minimum atomic E-state index is -4.34. The van der Waals surface area contributed by atoms with E-state index in [-0.39, 0.29) is 5.56 Å². The smallest absolute Gasteiger partial charge is 0.368 e. The van der Waals surface area contributed by atoms with Gasteiger partial charge in [-0.1, -0.05) is 6.07 Å². The van der Waals surface area contributed by atoms with E-state index in [1.165, 1.54) is 12.1 Å². The molecule has 1 aromatic heterocycles. The van der Waals surface area contributed by atoms with Crippen molar-refractivity contribution in [2.45, 2.75) is 31.9 Å². The molecular weight excluding hydrogens is 357 g/mol. The Kier molecular flexibility index (Phi) is 4.57. The number of anilines is 2. The quantitative estimate of drug-likeness (QED) is 0.873. The first-order chi connectivity index (χ1) is 12.9. The van der Waals surface area contributed by atoms with Crippen LogP contribution in [0.5, 0.6) is 0 Å². The summed E-state index contributed by atoms with van der Waals surface area (Å²) < 4.78 is 38.8. The molecular formula is C19H21F3N4O. The van der Waals surface area contributed by atoms with Crippen molar-refractivity contribution < 1.29 is 13.2 Å². The van der Waals surface area contributed by atoms with Crippen LogP contribution in [0.1, 0.15) is 29.7 Å². The van der Waals surface area contributed by atoms with Gasteiger partial charge in [-0.15, -0.1) is 0 Å². The minimum absolute atomic E-state index is 0.0602. The summed E-state index contributed by atoms with van der Waals surface area (Å²) in [6.45, 7) is 2.33. The van der Waals surface area contributed by atoms with E-state index >= 15 is 0 Å². The number of hydrogen-bond acceptors (Lipinski definition) is 4. The maximum absolute atomic E-state index is 12.9. The first kappa shape index (κ1) is 17.9. The number of fused-ring (bicyclic) bond motifs is 1. The summed E-state index contributed by atoms with van der Waals surface area (Å²) in [6, 6.07) is 5.41. The maximum Gasteiger partial charge on any atom is 0.416 e. The van der Waals surface area contributed by atoms with Gasteiger partial charge >= 0.3 is 6.18 Å². The normalized spacial score (nSPS) is 17.7. The lowest BCUT2D eigenvalue weighted by Gasteiger charge is -2.36. The number of hydrogen-bond donors (Lipinski definition) is 1. The molecule has 8 heteroatoms. The highest BCUT2D eigenvalue weighted by Gasteiger charge is 2.31. The molecule has 0 unspecified atom stereocenters. The molecule has 0 saturated carbocycles. The lowest BCUT2D eigenvalue weighted by molar-refractivity contribution is -0.137. The van der Waals surface area contributed by atoms with Gasteiger partial charge in [0, 0.05) is 37.4 Å². The first-order valence-electron chi connectivity index (χ1n) is 9.21. The van der Waals surface area contributed by atoms with Crippen molar-refractivity contribution in [1.82, 2.24) is 9.97 Å². The van der Waals surface area contributed by atoms with Crippen molar-refractivity contribution in [3.8, 4) is 0 Å². The van der Waals surface area contributed by atoms with E-state index in [0.717, 1.165) is 43.0 Å². The molecule has 1 N–H and O–H groups in total. The van der Waals surface area contributed by atoms with E-state index in [2.05, 4.69) is 9.97 Å². The summed E-state index contributed by atoms with van der Waals surface area (Å²) in [4.78, 5) is 23.8. The van der Waals surface area contributed by atoms with Gasteiger partial charge in [-0.2, -0.15) is 13.2 Å². The van der Waals surface area contributed by atoms with E-state index < -0.39 is 11.7 Å². The Hall–Kier alpha value is -2.51. The molecule has 2 heterocycles. The molecule has 144 valence electrons. The summed E-state index contributed by atoms with van der Waals surface area (Å²) in [5.41, 5.74) is 1.56. The van der Waals surface area contributed by atoms with Crippen LogP contribution in [-0.4, -0.2) is 36.1 Å². The number of aromatic amines is 1. The van der Waals surface area contributed by atoms with Crippen LogP contribution < -0.4 is 15.4 Å².